The number of aliphatic hydroxyl groups is 1. The van der Waals surface area contributed by atoms with E-state index < -0.39 is 5.82 Å². The molecule has 1 unspecified atom stereocenters. The van der Waals surface area contributed by atoms with Crippen molar-refractivity contribution in [2.24, 2.45) is 0 Å². The molecule has 0 bridgehead atoms. The number of nitriles is 1. The Hall–Kier alpha value is -1.64. The fourth-order valence-corrected chi connectivity index (χ4v) is 2.45. The summed E-state index contributed by atoms with van der Waals surface area (Å²) < 4.78 is 13.5. The summed E-state index contributed by atoms with van der Waals surface area (Å²) in [6, 6.07) is 6.60. The SMILES string of the molecule is N#Cc1cc(F)cc(N(CCO)CC2CCCN2)c1. The Morgan fingerprint density at radius 3 is 2.95 bits per heavy atom. The summed E-state index contributed by atoms with van der Waals surface area (Å²) in [5.41, 5.74) is 0.955. The average Bonchev–Trinajstić information content (AvgIpc) is 2.90. The smallest absolute Gasteiger partial charge is 0.126 e. The van der Waals surface area contributed by atoms with Crippen LogP contribution < -0.4 is 10.2 Å². The predicted molar refractivity (Wildman–Crippen MR) is 71.4 cm³/mol. The second-order valence-corrected chi connectivity index (χ2v) is 4.77. The molecule has 2 N–H and O–H groups in total. The molecule has 1 aliphatic heterocycles. The molecule has 1 saturated heterocycles. The first-order chi connectivity index (χ1) is 9.22. The highest BCUT2D eigenvalue weighted by atomic mass is 19.1. The highest BCUT2D eigenvalue weighted by Gasteiger charge is 2.18. The molecule has 5 heteroatoms. The van der Waals surface area contributed by atoms with Gasteiger partial charge in [-0.05, 0) is 37.6 Å². The first-order valence-corrected chi connectivity index (χ1v) is 6.53. The number of rotatable bonds is 5. The molecular formula is C14H18FN3O. The van der Waals surface area contributed by atoms with Crippen LogP contribution in [0.4, 0.5) is 10.1 Å². The van der Waals surface area contributed by atoms with E-state index in [0.29, 0.717) is 23.8 Å². The molecule has 2 rings (SSSR count). The lowest BCUT2D eigenvalue weighted by atomic mass is 10.1. The molecule has 102 valence electrons. The average molecular weight is 263 g/mol. The second-order valence-electron chi connectivity index (χ2n) is 4.77. The lowest BCUT2D eigenvalue weighted by Crippen LogP contribution is -2.39. The van der Waals surface area contributed by atoms with Crippen LogP contribution in [0.3, 0.4) is 0 Å². The van der Waals surface area contributed by atoms with Gasteiger partial charge in [-0.15, -0.1) is 0 Å². The Kier molecular flexibility index (Phi) is 4.72. The number of hydrogen-bond acceptors (Lipinski definition) is 4. The van der Waals surface area contributed by atoms with Crippen LogP contribution in [0.2, 0.25) is 0 Å². The summed E-state index contributed by atoms with van der Waals surface area (Å²) in [5.74, 6) is -0.420. The van der Waals surface area contributed by atoms with Gasteiger partial charge in [0.15, 0.2) is 0 Å². The minimum absolute atomic E-state index is 0.00508. The number of halogens is 1. The molecule has 1 aromatic carbocycles. The molecule has 4 nitrogen and oxygen atoms in total. The van der Waals surface area contributed by atoms with E-state index in [2.05, 4.69) is 5.32 Å². The molecule has 1 fully saturated rings. The van der Waals surface area contributed by atoms with Gasteiger partial charge in [0.05, 0.1) is 18.2 Å². The molecule has 0 spiro atoms. The third-order valence-electron chi connectivity index (χ3n) is 3.35. The van der Waals surface area contributed by atoms with E-state index in [4.69, 9.17) is 10.4 Å². The zero-order valence-electron chi connectivity index (χ0n) is 10.8. The zero-order valence-corrected chi connectivity index (χ0v) is 10.8. The first-order valence-electron chi connectivity index (χ1n) is 6.53. The Labute approximate surface area is 112 Å². The van der Waals surface area contributed by atoms with E-state index in [9.17, 15) is 4.39 Å². The van der Waals surface area contributed by atoms with Gasteiger partial charge < -0.3 is 15.3 Å². The zero-order chi connectivity index (χ0) is 13.7. The summed E-state index contributed by atoms with van der Waals surface area (Å²) in [4.78, 5) is 1.92. The molecule has 1 heterocycles. The van der Waals surface area contributed by atoms with Crippen molar-refractivity contribution in [3.63, 3.8) is 0 Å². The van der Waals surface area contributed by atoms with Crippen molar-refractivity contribution < 1.29 is 9.50 Å². The summed E-state index contributed by atoms with van der Waals surface area (Å²) in [5, 5.41) is 21.4. The van der Waals surface area contributed by atoms with Gasteiger partial charge in [0, 0.05) is 24.8 Å². The Balaban J connectivity index is 2.17. The molecule has 1 aromatic rings. The molecule has 1 atom stereocenters. The Bertz CT molecular complexity index is 466. The van der Waals surface area contributed by atoms with E-state index in [1.807, 2.05) is 11.0 Å². The maximum atomic E-state index is 13.5. The minimum Gasteiger partial charge on any atom is -0.395 e. The predicted octanol–water partition coefficient (Wildman–Crippen LogP) is 1.25. The van der Waals surface area contributed by atoms with E-state index in [1.165, 1.54) is 12.1 Å². The molecule has 0 radical (unpaired) electrons. The standard InChI is InChI=1S/C14H18FN3O/c15-12-6-11(9-16)7-14(8-12)18(4-5-19)10-13-2-1-3-17-13/h6-8,13,17,19H,1-5,10H2. The van der Waals surface area contributed by atoms with Crippen molar-refractivity contribution >= 4 is 5.69 Å². The summed E-state index contributed by atoms with van der Waals surface area (Å²) in [7, 11) is 0. The number of nitrogens with one attached hydrogen (secondary N) is 1. The van der Waals surface area contributed by atoms with Crippen LogP contribution in [0.5, 0.6) is 0 Å². The largest absolute Gasteiger partial charge is 0.395 e. The Morgan fingerprint density at radius 1 is 1.47 bits per heavy atom. The number of nitrogens with zero attached hydrogens (tertiary/aromatic N) is 2. The van der Waals surface area contributed by atoms with Gasteiger partial charge in [-0.2, -0.15) is 5.26 Å². The number of benzene rings is 1. The van der Waals surface area contributed by atoms with E-state index in [1.54, 1.807) is 6.07 Å². The molecule has 0 aliphatic carbocycles. The van der Waals surface area contributed by atoms with Crippen LogP contribution in [0.1, 0.15) is 18.4 Å². The van der Waals surface area contributed by atoms with E-state index in [-0.39, 0.29) is 6.61 Å². The van der Waals surface area contributed by atoms with Gasteiger partial charge in [-0.3, -0.25) is 0 Å². The van der Waals surface area contributed by atoms with Gasteiger partial charge in [-0.25, -0.2) is 4.39 Å². The molecule has 0 saturated carbocycles. The first kappa shape index (κ1) is 13.8. The van der Waals surface area contributed by atoms with Crippen molar-refractivity contribution in [3.8, 4) is 6.07 Å². The van der Waals surface area contributed by atoms with Crippen LogP contribution in [-0.2, 0) is 0 Å². The second kappa shape index (κ2) is 6.50. The normalized spacial score (nSPS) is 18.3. The van der Waals surface area contributed by atoms with E-state index in [0.717, 1.165) is 25.9 Å². The van der Waals surface area contributed by atoms with Crippen molar-refractivity contribution in [2.75, 3.05) is 31.1 Å². The fraction of sp³-hybridized carbons (Fsp3) is 0.500. The minimum atomic E-state index is -0.420. The van der Waals surface area contributed by atoms with Crippen molar-refractivity contribution in [2.45, 2.75) is 18.9 Å². The van der Waals surface area contributed by atoms with Crippen LogP contribution in [0, 0.1) is 17.1 Å². The highest BCUT2D eigenvalue weighted by Crippen LogP contribution is 2.20. The molecule has 1 aliphatic rings. The van der Waals surface area contributed by atoms with E-state index >= 15 is 0 Å². The monoisotopic (exact) mass is 263 g/mol. The molecule has 0 amide bonds. The topological polar surface area (TPSA) is 59.3 Å². The molecular weight excluding hydrogens is 245 g/mol. The number of aliphatic hydroxyl groups excluding tert-OH is 1. The van der Waals surface area contributed by atoms with Gasteiger partial charge in [0.2, 0.25) is 0 Å². The third-order valence-corrected chi connectivity index (χ3v) is 3.35. The molecule has 19 heavy (non-hydrogen) atoms. The van der Waals surface area contributed by atoms with Crippen LogP contribution in [0.15, 0.2) is 18.2 Å². The van der Waals surface area contributed by atoms with Crippen molar-refractivity contribution in [3.05, 3.63) is 29.6 Å². The maximum absolute atomic E-state index is 13.5. The maximum Gasteiger partial charge on any atom is 0.126 e. The lowest BCUT2D eigenvalue weighted by molar-refractivity contribution is 0.300. The fourth-order valence-electron chi connectivity index (χ4n) is 2.45. The van der Waals surface area contributed by atoms with Gasteiger partial charge >= 0.3 is 0 Å². The van der Waals surface area contributed by atoms with Crippen LogP contribution in [0.25, 0.3) is 0 Å². The number of hydrogen-bond donors (Lipinski definition) is 2. The summed E-state index contributed by atoms with van der Waals surface area (Å²) in [6.45, 7) is 2.16. The molecule has 0 aromatic heterocycles. The van der Waals surface area contributed by atoms with Gasteiger partial charge in [-0.1, -0.05) is 0 Å². The van der Waals surface area contributed by atoms with Crippen molar-refractivity contribution in [1.82, 2.24) is 5.32 Å². The summed E-state index contributed by atoms with van der Waals surface area (Å²) >= 11 is 0. The van der Waals surface area contributed by atoms with Crippen LogP contribution in [-0.4, -0.2) is 37.4 Å². The quantitative estimate of drug-likeness (QED) is 0.839. The van der Waals surface area contributed by atoms with Gasteiger partial charge in [0.1, 0.15) is 5.82 Å². The Morgan fingerprint density at radius 2 is 2.32 bits per heavy atom. The lowest BCUT2D eigenvalue weighted by Gasteiger charge is -2.27. The van der Waals surface area contributed by atoms with Crippen LogP contribution >= 0.6 is 0 Å². The third kappa shape index (κ3) is 3.66. The number of anilines is 1. The summed E-state index contributed by atoms with van der Waals surface area (Å²) in [6.07, 6.45) is 2.23. The highest BCUT2D eigenvalue weighted by molar-refractivity contribution is 5.52. The van der Waals surface area contributed by atoms with Gasteiger partial charge in [0.25, 0.3) is 0 Å². The van der Waals surface area contributed by atoms with Crippen molar-refractivity contribution in [1.29, 1.82) is 5.26 Å².